The van der Waals surface area contributed by atoms with Crippen LogP contribution in [0, 0.1) is 0 Å². The van der Waals surface area contributed by atoms with E-state index in [4.69, 9.17) is 0 Å². The van der Waals surface area contributed by atoms with Crippen LogP contribution in [-0.4, -0.2) is 38.2 Å². The van der Waals surface area contributed by atoms with Gasteiger partial charge in [0.25, 0.3) is 0 Å². The number of halogens is 4. The van der Waals surface area contributed by atoms with Gasteiger partial charge in [-0.15, -0.1) is 22.6 Å². The second-order valence-corrected chi connectivity index (χ2v) is 6.26. The predicted octanol–water partition coefficient (Wildman–Crippen LogP) is 1.78. The van der Waals surface area contributed by atoms with E-state index in [1.807, 2.05) is 24.3 Å². The normalized spacial score (nSPS) is 19.3. The summed E-state index contributed by atoms with van der Waals surface area (Å²) in [6.45, 7) is 0.912. The zero-order chi connectivity index (χ0) is 17.6. The Bertz CT molecular complexity index is 822. The van der Waals surface area contributed by atoms with Crippen LogP contribution in [0.5, 0.6) is 0 Å². The zero-order valence-corrected chi connectivity index (χ0v) is 14.5. The van der Waals surface area contributed by atoms with Crippen LogP contribution in [0.25, 0.3) is 0 Å². The molecular weight excluding hydrogens is 371 g/mol. The minimum Gasteiger partial charge on any atom is -0.332 e. The molecule has 1 atom stereocenters. The number of carbonyl (C=O) groups excluding carboxylic acids is 1. The van der Waals surface area contributed by atoms with Gasteiger partial charge in [-0.1, -0.05) is 24.3 Å². The summed E-state index contributed by atoms with van der Waals surface area (Å²) in [7, 11) is 0. The molecule has 4 rings (SSSR count). The zero-order valence-electron chi connectivity index (χ0n) is 13.7. The van der Waals surface area contributed by atoms with Gasteiger partial charge in [0.05, 0.1) is 12.6 Å². The Kier molecular flexibility index (Phi) is 4.94. The number of aromatic nitrogens is 3. The first-order valence-electron chi connectivity index (χ1n) is 8.01. The standard InChI is InChI=1S/C16H16F3N5O.ClH/c17-16(18,19)15-22-21-13-9-23(5-6-24(13)15)14(25)12-7-10-3-1-2-4-11(10)8-20-12;/h1-4,12,20H,5-9H2;1H. The van der Waals surface area contributed by atoms with Crippen LogP contribution in [0.2, 0.25) is 0 Å². The molecule has 6 nitrogen and oxygen atoms in total. The molecule has 3 heterocycles. The van der Waals surface area contributed by atoms with Crippen molar-refractivity contribution in [2.24, 2.45) is 0 Å². The van der Waals surface area contributed by atoms with Crippen molar-refractivity contribution in [1.29, 1.82) is 0 Å². The van der Waals surface area contributed by atoms with Gasteiger partial charge in [-0.3, -0.25) is 4.79 Å². The minimum absolute atomic E-state index is 0. The molecule has 10 heteroatoms. The van der Waals surface area contributed by atoms with Crippen molar-refractivity contribution < 1.29 is 18.0 Å². The fourth-order valence-corrected chi connectivity index (χ4v) is 3.40. The van der Waals surface area contributed by atoms with Crippen LogP contribution in [0.4, 0.5) is 13.2 Å². The molecule has 2 aliphatic heterocycles. The van der Waals surface area contributed by atoms with Crippen molar-refractivity contribution in [3.05, 3.63) is 47.0 Å². The highest BCUT2D eigenvalue weighted by Crippen LogP contribution is 2.29. The van der Waals surface area contributed by atoms with Crippen molar-refractivity contribution in [1.82, 2.24) is 25.0 Å². The molecule has 0 bridgehead atoms. The molecule has 0 saturated heterocycles. The van der Waals surface area contributed by atoms with Crippen molar-refractivity contribution in [2.75, 3.05) is 6.54 Å². The van der Waals surface area contributed by atoms with Gasteiger partial charge in [-0.05, 0) is 17.5 Å². The summed E-state index contributed by atoms with van der Waals surface area (Å²) in [5, 5.41) is 10.1. The maximum Gasteiger partial charge on any atom is 0.451 e. The van der Waals surface area contributed by atoms with Crippen molar-refractivity contribution in [2.45, 2.75) is 38.3 Å². The molecule has 0 saturated carbocycles. The lowest BCUT2D eigenvalue weighted by molar-refractivity contribution is -0.148. The number of amides is 1. The van der Waals surface area contributed by atoms with Gasteiger partial charge in [-0.25, -0.2) is 0 Å². The van der Waals surface area contributed by atoms with Gasteiger partial charge in [-0.2, -0.15) is 13.2 Å². The van der Waals surface area contributed by atoms with Crippen molar-refractivity contribution in [3.8, 4) is 0 Å². The Labute approximate surface area is 153 Å². The number of nitrogens with zero attached hydrogens (tertiary/aromatic N) is 4. The largest absolute Gasteiger partial charge is 0.451 e. The monoisotopic (exact) mass is 387 g/mol. The van der Waals surface area contributed by atoms with Gasteiger partial charge >= 0.3 is 6.18 Å². The Morgan fingerprint density at radius 1 is 1.15 bits per heavy atom. The van der Waals surface area contributed by atoms with E-state index in [1.165, 1.54) is 5.56 Å². The molecule has 2 aliphatic rings. The number of nitrogens with one attached hydrogen (secondary N) is 1. The summed E-state index contributed by atoms with van der Waals surface area (Å²) in [5.41, 5.74) is 2.29. The number of fused-ring (bicyclic) bond motifs is 2. The first-order valence-corrected chi connectivity index (χ1v) is 8.01. The molecule has 2 aromatic rings. The summed E-state index contributed by atoms with van der Waals surface area (Å²) >= 11 is 0. The fourth-order valence-electron chi connectivity index (χ4n) is 3.40. The Morgan fingerprint density at radius 2 is 1.88 bits per heavy atom. The molecule has 0 spiro atoms. The molecule has 140 valence electrons. The number of alkyl halides is 3. The van der Waals surface area contributed by atoms with E-state index in [1.54, 1.807) is 4.90 Å². The SMILES string of the molecule is Cl.O=C(C1Cc2ccccc2CN1)N1CCn2c(nnc2C(F)(F)F)C1. The summed E-state index contributed by atoms with van der Waals surface area (Å²) < 4.78 is 39.7. The average Bonchev–Trinajstić information content (AvgIpc) is 3.04. The molecular formula is C16H17ClF3N5O. The van der Waals surface area contributed by atoms with E-state index in [-0.39, 0.29) is 49.8 Å². The first kappa shape index (κ1) is 18.7. The van der Waals surface area contributed by atoms with E-state index in [2.05, 4.69) is 15.5 Å². The first-order chi connectivity index (χ1) is 11.9. The van der Waals surface area contributed by atoms with E-state index >= 15 is 0 Å². The lowest BCUT2D eigenvalue weighted by atomic mass is 9.95. The van der Waals surface area contributed by atoms with Crippen molar-refractivity contribution >= 4 is 18.3 Å². The summed E-state index contributed by atoms with van der Waals surface area (Å²) in [4.78, 5) is 14.3. The summed E-state index contributed by atoms with van der Waals surface area (Å²) in [6, 6.07) is 7.54. The smallest absolute Gasteiger partial charge is 0.332 e. The average molecular weight is 388 g/mol. The molecule has 1 aromatic heterocycles. The van der Waals surface area contributed by atoms with Gasteiger partial charge in [0.1, 0.15) is 0 Å². The Hall–Kier alpha value is -2.13. The topological polar surface area (TPSA) is 63.1 Å². The maximum absolute atomic E-state index is 12.9. The number of hydrogen-bond acceptors (Lipinski definition) is 4. The molecule has 0 fully saturated rings. The number of benzene rings is 1. The van der Waals surface area contributed by atoms with Crippen LogP contribution < -0.4 is 5.32 Å². The van der Waals surface area contributed by atoms with Crippen LogP contribution >= 0.6 is 12.4 Å². The molecule has 1 aromatic carbocycles. The van der Waals surface area contributed by atoms with E-state index in [0.717, 1.165) is 10.1 Å². The third kappa shape index (κ3) is 3.28. The molecule has 0 radical (unpaired) electrons. The molecule has 1 amide bonds. The maximum atomic E-state index is 12.9. The Morgan fingerprint density at radius 3 is 2.62 bits per heavy atom. The number of rotatable bonds is 1. The molecule has 26 heavy (non-hydrogen) atoms. The third-order valence-electron chi connectivity index (χ3n) is 4.70. The summed E-state index contributed by atoms with van der Waals surface area (Å²) in [6.07, 6.45) is -3.96. The highest BCUT2D eigenvalue weighted by molar-refractivity contribution is 5.85. The van der Waals surface area contributed by atoms with E-state index in [9.17, 15) is 18.0 Å². The van der Waals surface area contributed by atoms with Gasteiger partial charge in [0.15, 0.2) is 5.82 Å². The second kappa shape index (κ2) is 6.88. The van der Waals surface area contributed by atoms with Gasteiger partial charge in [0.2, 0.25) is 11.7 Å². The lowest BCUT2D eigenvalue weighted by Crippen LogP contribution is -2.51. The molecule has 1 N–H and O–H groups in total. The Balaban J connectivity index is 0.00000196. The lowest BCUT2D eigenvalue weighted by Gasteiger charge is -2.33. The fraction of sp³-hybridized carbons (Fsp3) is 0.438. The molecule has 0 aliphatic carbocycles. The third-order valence-corrected chi connectivity index (χ3v) is 4.70. The van der Waals surface area contributed by atoms with E-state index in [0.29, 0.717) is 13.0 Å². The summed E-state index contributed by atoms with van der Waals surface area (Å²) in [5.74, 6) is -0.945. The highest BCUT2D eigenvalue weighted by Gasteiger charge is 2.40. The van der Waals surface area contributed by atoms with Crippen LogP contribution in [0.15, 0.2) is 24.3 Å². The predicted molar refractivity (Wildman–Crippen MR) is 88.5 cm³/mol. The van der Waals surface area contributed by atoms with E-state index < -0.39 is 12.0 Å². The van der Waals surface area contributed by atoms with Crippen LogP contribution in [-0.2, 0) is 37.0 Å². The van der Waals surface area contributed by atoms with Gasteiger partial charge < -0.3 is 14.8 Å². The highest BCUT2D eigenvalue weighted by atomic mass is 35.5. The quantitative estimate of drug-likeness (QED) is 0.810. The number of hydrogen-bond donors (Lipinski definition) is 1. The van der Waals surface area contributed by atoms with Crippen LogP contribution in [0.3, 0.4) is 0 Å². The second-order valence-electron chi connectivity index (χ2n) is 6.26. The van der Waals surface area contributed by atoms with Gasteiger partial charge in [0, 0.05) is 19.6 Å². The number of carbonyl (C=O) groups is 1. The minimum atomic E-state index is -4.54. The van der Waals surface area contributed by atoms with Crippen molar-refractivity contribution in [3.63, 3.8) is 0 Å². The molecule has 1 unspecified atom stereocenters. The van der Waals surface area contributed by atoms with Crippen LogP contribution in [0.1, 0.15) is 22.8 Å².